The van der Waals surface area contributed by atoms with Gasteiger partial charge in [0.25, 0.3) is 0 Å². The van der Waals surface area contributed by atoms with Crippen LogP contribution in [0.3, 0.4) is 0 Å². The molecule has 2 N–H and O–H groups in total. The lowest BCUT2D eigenvalue weighted by Gasteiger charge is -2.47. The Balaban J connectivity index is 1.40. The highest BCUT2D eigenvalue weighted by molar-refractivity contribution is 5.99. The number of benzene rings is 7. The number of hydrogen-bond donors (Lipinski definition) is 2. The van der Waals surface area contributed by atoms with Gasteiger partial charge in [-0.15, -0.1) is 0 Å². The molecule has 9 rings (SSSR count). The smallest absolute Gasteiger partial charge is 0.0418 e. The number of anilines is 2. The number of nitrogens with one attached hydrogen (secondary N) is 2. The van der Waals surface area contributed by atoms with Crippen molar-refractivity contribution < 1.29 is 0 Å². The molecule has 0 aliphatic heterocycles. The summed E-state index contributed by atoms with van der Waals surface area (Å²) >= 11 is 0. The molecule has 0 aromatic heterocycles. The first-order valence-electron chi connectivity index (χ1n) is 17.7. The molecule has 1 unspecified atom stereocenters. The highest BCUT2D eigenvalue weighted by atomic mass is 14.8. The van der Waals surface area contributed by atoms with Crippen molar-refractivity contribution in [2.24, 2.45) is 0 Å². The highest BCUT2D eigenvalue weighted by Gasteiger charge is 2.55. The maximum Gasteiger partial charge on any atom is 0.0418 e. The lowest BCUT2D eigenvalue weighted by Crippen LogP contribution is -2.41. The Hall–Kier alpha value is -5.86. The minimum Gasteiger partial charge on any atom is -0.388 e. The van der Waals surface area contributed by atoms with E-state index in [4.69, 9.17) is 0 Å². The summed E-state index contributed by atoms with van der Waals surface area (Å²) < 4.78 is 0. The van der Waals surface area contributed by atoms with Crippen LogP contribution in [-0.4, -0.2) is 14.1 Å². The Bertz CT molecular complexity index is 2320. The van der Waals surface area contributed by atoms with Crippen molar-refractivity contribution in [2.75, 3.05) is 24.7 Å². The minimum atomic E-state index is -0.482. The summed E-state index contributed by atoms with van der Waals surface area (Å²) in [6.07, 6.45) is 2.49. The van der Waals surface area contributed by atoms with E-state index < -0.39 is 5.41 Å². The zero-order valence-electron chi connectivity index (χ0n) is 28.7. The van der Waals surface area contributed by atoms with Crippen molar-refractivity contribution >= 4 is 28.2 Å². The largest absolute Gasteiger partial charge is 0.388 e. The number of rotatable bonds is 7. The predicted octanol–water partition coefficient (Wildman–Crippen LogP) is 11.9. The van der Waals surface area contributed by atoms with Gasteiger partial charge in [0, 0.05) is 42.7 Å². The average Bonchev–Trinajstić information content (AvgIpc) is 3.69. The predicted molar refractivity (Wildman–Crippen MR) is 212 cm³/mol. The topological polar surface area (TPSA) is 24.1 Å². The molecule has 0 fully saturated rings. The maximum atomic E-state index is 3.47. The fourth-order valence-electron chi connectivity index (χ4n) is 9.34. The van der Waals surface area contributed by atoms with E-state index in [-0.39, 0.29) is 11.8 Å². The number of allylic oxidation sites excluding steroid dienone is 1. The van der Waals surface area contributed by atoms with E-state index in [0.717, 1.165) is 11.4 Å². The molecule has 2 heteroatoms. The van der Waals surface area contributed by atoms with Gasteiger partial charge in [-0.05, 0) is 97.6 Å². The Morgan fingerprint density at radius 1 is 0.460 bits per heavy atom. The quantitative estimate of drug-likeness (QED) is 0.180. The Morgan fingerprint density at radius 2 is 1.00 bits per heavy atom. The van der Waals surface area contributed by atoms with Gasteiger partial charge in [0.05, 0.1) is 0 Å². The van der Waals surface area contributed by atoms with Crippen molar-refractivity contribution in [3.8, 4) is 22.3 Å². The third-order valence-electron chi connectivity index (χ3n) is 11.4. The summed E-state index contributed by atoms with van der Waals surface area (Å²) in [6, 6.07) is 59.0. The molecule has 0 spiro atoms. The van der Waals surface area contributed by atoms with Crippen LogP contribution in [0.5, 0.6) is 0 Å². The van der Waals surface area contributed by atoms with Crippen molar-refractivity contribution in [2.45, 2.75) is 24.2 Å². The second-order valence-corrected chi connectivity index (χ2v) is 13.8. The van der Waals surface area contributed by atoms with Gasteiger partial charge < -0.3 is 10.6 Å². The monoisotopic (exact) mass is 644 g/mol. The summed E-state index contributed by atoms with van der Waals surface area (Å²) in [4.78, 5) is 0. The Labute approximate surface area is 295 Å². The molecular formula is C48H40N2. The summed E-state index contributed by atoms with van der Waals surface area (Å²) in [7, 11) is 4.04. The van der Waals surface area contributed by atoms with Crippen LogP contribution in [-0.2, 0) is 5.41 Å². The van der Waals surface area contributed by atoms with E-state index in [2.05, 4.69) is 181 Å². The van der Waals surface area contributed by atoms with Gasteiger partial charge in [-0.2, -0.15) is 0 Å². The summed E-state index contributed by atoms with van der Waals surface area (Å²) in [5.74, 6) is 0.0944. The van der Waals surface area contributed by atoms with Crippen LogP contribution in [0.25, 0.3) is 39.1 Å². The molecule has 2 nitrogen and oxygen atoms in total. The molecule has 50 heavy (non-hydrogen) atoms. The second-order valence-electron chi connectivity index (χ2n) is 13.8. The van der Waals surface area contributed by atoms with E-state index >= 15 is 0 Å². The molecule has 0 bridgehead atoms. The van der Waals surface area contributed by atoms with Crippen molar-refractivity contribution in [3.63, 3.8) is 0 Å². The van der Waals surface area contributed by atoms with Gasteiger partial charge in [0.2, 0.25) is 0 Å². The summed E-state index contributed by atoms with van der Waals surface area (Å²) in [6.45, 7) is 2.36. The SMILES string of the molecule is CNc1ccc2c(c1)C(C(c1ccccc1)(c1ccccc1)C1C(C)=Cc3c(-c4cccc5ccccc45)cccc31)c1cc(NC)ccc1-2. The van der Waals surface area contributed by atoms with Gasteiger partial charge in [-0.1, -0.05) is 145 Å². The highest BCUT2D eigenvalue weighted by Crippen LogP contribution is 2.65. The Morgan fingerprint density at radius 3 is 1.62 bits per heavy atom. The van der Waals surface area contributed by atoms with Crippen molar-refractivity contribution in [3.05, 3.63) is 197 Å². The van der Waals surface area contributed by atoms with E-state index in [9.17, 15) is 0 Å². The zero-order chi connectivity index (χ0) is 33.8. The maximum absolute atomic E-state index is 3.47. The zero-order valence-corrected chi connectivity index (χ0v) is 28.7. The molecular weight excluding hydrogens is 605 g/mol. The van der Waals surface area contributed by atoms with Gasteiger partial charge in [0.1, 0.15) is 0 Å². The molecule has 0 heterocycles. The van der Waals surface area contributed by atoms with Crippen molar-refractivity contribution in [1.29, 1.82) is 0 Å². The molecule has 0 radical (unpaired) electrons. The lowest BCUT2D eigenvalue weighted by molar-refractivity contribution is 0.405. The van der Waals surface area contributed by atoms with E-state index in [0.29, 0.717) is 0 Å². The van der Waals surface area contributed by atoms with Crippen LogP contribution in [0, 0.1) is 0 Å². The van der Waals surface area contributed by atoms with Crippen LogP contribution >= 0.6 is 0 Å². The van der Waals surface area contributed by atoms with Crippen LogP contribution in [0.2, 0.25) is 0 Å². The van der Waals surface area contributed by atoms with Crippen LogP contribution in [0.4, 0.5) is 11.4 Å². The van der Waals surface area contributed by atoms with Crippen molar-refractivity contribution in [1.82, 2.24) is 0 Å². The molecule has 7 aromatic rings. The van der Waals surface area contributed by atoms with Gasteiger partial charge in [0.15, 0.2) is 0 Å². The lowest BCUT2D eigenvalue weighted by atomic mass is 9.54. The number of fused-ring (bicyclic) bond motifs is 5. The third-order valence-corrected chi connectivity index (χ3v) is 11.4. The fraction of sp³-hybridized carbons (Fsp3) is 0.125. The molecule has 7 aromatic carbocycles. The first-order valence-corrected chi connectivity index (χ1v) is 17.7. The van der Waals surface area contributed by atoms with E-state index in [1.54, 1.807) is 0 Å². The second kappa shape index (κ2) is 11.9. The molecule has 0 saturated carbocycles. The molecule has 1 atom stereocenters. The fourth-order valence-corrected chi connectivity index (χ4v) is 9.34. The first-order chi connectivity index (χ1) is 24.6. The standard InChI is InChI=1S/C48H40N2/c1-31-28-43-39(38-21-12-15-32-14-10-11-20-37(32)38)22-13-23-42(43)46(31)48(33-16-6-4-7-17-33,34-18-8-5-9-19-34)47-44-29-35(49-2)24-26-40(44)41-27-25-36(50-3)30-45(41)47/h4-30,46-47,49-50H,1-3H3. The third kappa shape index (κ3) is 4.41. The molecule has 2 aliphatic rings. The van der Waals surface area contributed by atoms with Crippen LogP contribution in [0.1, 0.15) is 52.1 Å². The average molecular weight is 645 g/mol. The minimum absolute atomic E-state index is 0.0272. The van der Waals surface area contributed by atoms with Gasteiger partial charge in [-0.3, -0.25) is 0 Å². The van der Waals surface area contributed by atoms with Crippen LogP contribution in [0.15, 0.2) is 163 Å². The summed E-state index contributed by atoms with van der Waals surface area (Å²) in [5, 5.41) is 9.49. The normalized spacial score (nSPS) is 14.9. The number of hydrogen-bond acceptors (Lipinski definition) is 2. The molecule has 0 amide bonds. The van der Waals surface area contributed by atoms with E-state index in [1.165, 1.54) is 72.0 Å². The van der Waals surface area contributed by atoms with Gasteiger partial charge in [-0.25, -0.2) is 0 Å². The van der Waals surface area contributed by atoms with E-state index in [1.807, 2.05) is 14.1 Å². The van der Waals surface area contributed by atoms with Crippen LogP contribution < -0.4 is 10.6 Å². The molecule has 242 valence electrons. The molecule has 0 saturated heterocycles. The first kappa shape index (κ1) is 30.2. The summed E-state index contributed by atoms with van der Waals surface area (Å²) in [5.41, 5.74) is 16.4. The molecule has 2 aliphatic carbocycles. The Kier molecular flexibility index (Phi) is 7.21. The van der Waals surface area contributed by atoms with Gasteiger partial charge >= 0.3 is 0 Å².